The van der Waals surface area contributed by atoms with Crippen molar-refractivity contribution >= 4 is 11.9 Å². The van der Waals surface area contributed by atoms with E-state index in [1.165, 1.54) is 0 Å². The van der Waals surface area contributed by atoms with Crippen LogP contribution in [-0.2, 0) is 36.9 Å². The van der Waals surface area contributed by atoms with Crippen LogP contribution in [0, 0.1) is 0 Å². The van der Waals surface area contributed by atoms with Crippen molar-refractivity contribution in [3.63, 3.8) is 0 Å². The first-order valence-electron chi connectivity index (χ1n) is 1.07. The molecule has 0 fully saturated rings. The van der Waals surface area contributed by atoms with Crippen LogP contribution in [0.2, 0.25) is 0 Å². The molecule has 0 amide bonds. The van der Waals surface area contributed by atoms with Gasteiger partial charge >= 0.3 is 27.3 Å². The fourth-order valence-corrected chi connectivity index (χ4v) is 0. The van der Waals surface area contributed by atoms with Crippen LogP contribution in [0.25, 0.3) is 0 Å². The summed E-state index contributed by atoms with van der Waals surface area (Å²) in [5, 5.41) is 17.9. The minimum absolute atomic E-state index is 0. The van der Waals surface area contributed by atoms with Gasteiger partial charge in [0.05, 0.1) is 11.9 Å². The molecule has 0 aliphatic heterocycles. The maximum absolute atomic E-state index is 8.93. The molecule has 0 spiro atoms. The zero-order valence-electron chi connectivity index (χ0n) is 3.84. The summed E-state index contributed by atoms with van der Waals surface area (Å²) in [6.45, 7) is 0. The van der Waals surface area contributed by atoms with Gasteiger partial charge in [-0.1, -0.05) is 0 Å². The summed E-state index contributed by atoms with van der Waals surface area (Å²) < 4.78 is 0. The molecule has 0 aromatic rings. The molecule has 0 bridgehead atoms. The molecule has 0 saturated heterocycles. The van der Waals surface area contributed by atoms with Gasteiger partial charge in [0.2, 0.25) is 0 Å². The fourth-order valence-electron chi connectivity index (χ4n) is 0. The normalized spacial score (nSPS) is 5.50. The van der Waals surface area contributed by atoms with E-state index in [1.54, 1.807) is 0 Å². The third kappa shape index (κ3) is 9.27. The Morgan fingerprint density at radius 3 is 1.12 bits per heavy atom. The van der Waals surface area contributed by atoms with Crippen LogP contribution >= 0.6 is 0 Å². The van der Waals surface area contributed by atoms with Gasteiger partial charge in [-0.2, -0.15) is 0 Å². The zero-order valence-corrected chi connectivity index (χ0v) is 7.88. The van der Waals surface area contributed by atoms with Crippen molar-refractivity contribution in [3.05, 3.63) is 0 Å². The van der Waals surface area contributed by atoms with Gasteiger partial charge in [0.15, 0.2) is 0 Å². The summed E-state index contributed by atoms with van der Waals surface area (Å²) in [6.07, 6.45) is 0. The Hall–Kier alpha value is -0.178. The number of hydrogen-bond donors (Lipinski definition) is 0. The van der Waals surface area contributed by atoms with Gasteiger partial charge in [0.1, 0.15) is 0 Å². The number of hydrogen-bond acceptors (Lipinski definition) is 4. The maximum atomic E-state index is 8.93. The van der Waals surface area contributed by atoms with E-state index < -0.39 is 11.9 Å². The molecule has 8 heavy (non-hydrogen) atoms. The Morgan fingerprint density at radius 2 is 1.12 bits per heavy atom. The third-order valence-electron chi connectivity index (χ3n) is 0.167. The smallest absolute Gasteiger partial charge is 0.543 e. The van der Waals surface area contributed by atoms with Crippen molar-refractivity contribution in [2.45, 2.75) is 0 Å². The van der Waals surface area contributed by atoms with Gasteiger partial charge in [0, 0.05) is 0 Å². The molecule has 0 aliphatic rings. The summed E-state index contributed by atoms with van der Waals surface area (Å²) in [7, 11) is 0. The largest absolute Gasteiger partial charge is 2.00 e. The number of aliphatic carboxylic acids is 2. The zero-order chi connectivity index (χ0) is 5.15. The standard InChI is InChI=1S/C2H2O4.Cd.H2O/c3-1(4)2(5)6;;/h(H,3,4)(H,5,6);;1H2/q;+2;/p-2. The molecule has 2 N–H and O–H groups in total. The van der Waals surface area contributed by atoms with E-state index in [0.29, 0.717) is 0 Å². The summed E-state index contributed by atoms with van der Waals surface area (Å²) >= 11 is 0. The number of carboxylic acids is 2. The van der Waals surface area contributed by atoms with Gasteiger partial charge in [-0.25, -0.2) is 0 Å². The van der Waals surface area contributed by atoms with Gasteiger partial charge in [-0.05, 0) is 0 Å². The second kappa shape index (κ2) is 6.82. The van der Waals surface area contributed by atoms with Crippen molar-refractivity contribution in [2.24, 2.45) is 0 Å². The fraction of sp³-hybridized carbons (Fsp3) is 0. The van der Waals surface area contributed by atoms with E-state index in [-0.39, 0.29) is 32.8 Å². The van der Waals surface area contributed by atoms with E-state index >= 15 is 0 Å². The van der Waals surface area contributed by atoms with Crippen molar-refractivity contribution in [2.75, 3.05) is 0 Å². The van der Waals surface area contributed by atoms with Crippen molar-refractivity contribution in [3.8, 4) is 0 Å². The minimum atomic E-state index is -2.19. The number of carbonyl (C=O) groups excluding carboxylic acids is 2. The molecule has 0 radical (unpaired) electrons. The molecule has 5 nitrogen and oxygen atoms in total. The molecular weight excluding hydrogens is 216 g/mol. The summed E-state index contributed by atoms with van der Waals surface area (Å²) in [4.78, 5) is 17.9. The Bertz CT molecular complexity index is 76.4. The Balaban J connectivity index is -0.000000125. The Labute approximate surface area is 64.8 Å². The van der Waals surface area contributed by atoms with Crippen molar-refractivity contribution < 1.29 is 52.6 Å². The van der Waals surface area contributed by atoms with Crippen LogP contribution in [0.15, 0.2) is 0 Å². The molecule has 6 heteroatoms. The van der Waals surface area contributed by atoms with Gasteiger partial charge in [-0.15, -0.1) is 0 Å². The first kappa shape index (κ1) is 15.7. The van der Waals surface area contributed by atoms with Crippen LogP contribution in [0.3, 0.4) is 0 Å². The Morgan fingerprint density at radius 1 is 1.00 bits per heavy atom. The van der Waals surface area contributed by atoms with Crippen LogP contribution in [0.5, 0.6) is 0 Å². The summed E-state index contributed by atoms with van der Waals surface area (Å²) in [5.41, 5.74) is 0. The average molecular weight is 218 g/mol. The monoisotopic (exact) mass is 220 g/mol. The van der Waals surface area contributed by atoms with Crippen molar-refractivity contribution in [1.29, 1.82) is 0 Å². The number of carbonyl (C=O) groups is 2. The first-order valence-corrected chi connectivity index (χ1v) is 1.07. The number of rotatable bonds is 0. The van der Waals surface area contributed by atoms with E-state index in [2.05, 4.69) is 0 Å². The molecular formula is C2H2CdO5. The topological polar surface area (TPSA) is 112 Å². The Kier molecular flexibility index (Phi) is 13.4. The average Bonchev–Trinajstić information content (AvgIpc) is 1.36. The molecule has 42 valence electrons. The molecule has 0 aliphatic carbocycles. The quantitative estimate of drug-likeness (QED) is 0.302. The van der Waals surface area contributed by atoms with E-state index in [1.807, 2.05) is 0 Å². The first-order chi connectivity index (χ1) is 2.64. The maximum Gasteiger partial charge on any atom is 2.00 e. The third-order valence-corrected chi connectivity index (χ3v) is 0.167. The van der Waals surface area contributed by atoms with E-state index in [0.717, 1.165) is 0 Å². The molecule has 0 aromatic carbocycles. The second-order valence-corrected chi connectivity index (χ2v) is 0.575. The van der Waals surface area contributed by atoms with Gasteiger partial charge in [-0.3, -0.25) is 0 Å². The SMILES string of the molecule is O.O=C([O-])C(=O)[O-].[Cd+2]. The van der Waals surface area contributed by atoms with E-state index in [9.17, 15) is 0 Å². The predicted octanol–water partition coefficient (Wildman–Crippen LogP) is -4.34. The number of carboxylic acid groups (broad SMARTS) is 2. The van der Waals surface area contributed by atoms with Crippen LogP contribution < -0.4 is 10.2 Å². The van der Waals surface area contributed by atoms with Gasteiger partial charge < -0.3 is 25.3 Å². The summed E-state index contributed by atoms with van der Waals surface area (Å²) in [6, 6.07) is 0. The molecule has 0 rings (SSSR count). The molecule has 0 heterocycles. The van der Waals surface area contributed by atoms with E-state index in [4.69, 9.17) is 19.8 Å². The predicted molar refractivity (Wildman–Crippen MR) is 13.6 cm³/mol. The van der Waals surface area contributed by atoms with Gasteiger partial charge in [0.25, 0.3) is 0 Å². The summed E-state index contributed by atoms with van der Waals surface area (Å²) in [5.74, 6) is -4.37. The van der Waals surface area contributed by atoms with Crippen LogP contribution in [0.1, 0.15) is 0 Å². The molecule has 0 atom stereocenters. The molecule has 0 aromatic heterocycles. The molecule has 0 unspecified atom stereocenters. The molecule has 0 saturated carbocycles. The second-order valence-electron chi connectivity index (χ2n) is 0.575. The minimum Gasteiger partial charge on any atom is -0.543 e. The van der Waals surface area contributed by atoms with Crippen molar-refractivity contribution in [1.82, 2.24) is 0 Å². The van der Waals surface area contributed by atoms with Crippen LogP contribution in [0.4, 0.5) is 0 Å². The van der Waals surface area contributed by atoms with Crippen LogP contribution in [-0.4, -0.2) is 17.4 Å².